The zero-order valence-corrected chi connectivity index (χ0v) is 13.0. The van der Waals surface area contributed by atoms with E-state index >= 15 is 0 Å². The molecule has 6 heteroatoms. The minimum Gasteiger partial charge on any atom is -0.469 e. The van der Waals surface area contributed by atoms with Crippen LogP contribution < -0.4 is 0 Å². The molecule has 0 amide bonds. The Labute approximate surface area is 120 Å². The van der Waals surface area contributed by atoms with Crippen molar-refractivity contribution in [3.05, 3.63) is 16.8 Å². The van der Waals surface area contributed by atoms with Gasteiger partial charge in [-0.3, -0.25) is 4.79 Å². The van der Waals surface area contributed by atoms with Crippen molar-refractivity contribution in [1.29, 1.82) is 0 Å². The molecular weight excluding hydrogens is 280 g/mol. The Morgan fingerprint density at radius 2 is 2.21 bits per heavy atom. The van der Waals surface area contributed by atoms with E-state index in [1.165, 1.54) is 17.6 Å². The van der Waals surface area contributed by atoms with Crippen LogP contribution in [0.1, 0.15) is 23.8 Å². The molecule has 2 aromatic heterocycles. The molecule has 1 atom stereocenters. The van der Waals surface area contributed by atoms with Gasteiger partial charge in [0.1, 0.15) is 16.2 Å². The zero-order chi connectivity index (χ0) is 14.0. The van der Waals surface area contributed by atoms with Crippen LogP contribution in [0, 0.1) is 13.8 Å². The van der Waals surface area contributed by atoms with Gasteiger partial charge in [0.15, 0.2) is 0 Å². The van der Waals surface area contributed by atoms with Gasteiger partial charge in [-0.05, 0) is 19.4 Å². The second-order valence-electron chi connectivity index (χ2n) is 4.35. The molecule has 4 nitrogen and oxygen atoms in total. The minimum atomic E-state index is -0.191. The van der Waals surface area contributed by atoms with E-state index in [2.05, 4.69) is 23.8 Å². The molecule has 19 heavy (non-hydrogen) atoms. The van der Waals surface area contributed by atoms with Gasteiger partial charge < -0.3 is 4.74 Å². The van der Waals surface area contributed by atoms with Gasteiger partial charge >= 0.3 is 5.97 Å². The fraction of sp³-hybridized carbons (Fsp3) is 0.462. The van der Waals surface area contributed by atoms with Crippen LogP contribution in [0.25, 0.3) is 10.2 Å². The molecule has 2 aromatic rings. The molecule has 2 rings (SSSR count). The van der Waals surface area contributed by atoms with Crippen LogP contribution in [0.3, 0.4) is 0 Å². The Balaban J connectivity index is 2.28. The number of fused-ring (bicyclic) bond motifs is 1. The predicted molar refractivity (Wildman–Crippen MR) is 78.8 cm³/mol. The Morgan fingerprint density at radius 1 is 1.47 bits per heavy atom. The summed E-state index contributed by atoms with van der Waals surface area (Å²) in [6.45, 7) is 6.19. The normalized spacial score (nSPS) is 12.6. The van der Waals surface area contributed by atoms with Gasteiger partial charge in [-0.25, -0.2) is 9.97 Å². The first kappa shape index (κ1) is 14.3. The molecule has 0 saturated carbocycles. The van der Waals surface area contributed by atoms with Gasteiger partial charge in [0, 0.05) is 15.5 Å². The van der Waals surface area contributed by atoms with Crippen molar-refractivity contribution in [3.8, 4) is 0 Å². The van der Waals surface area contributed by atoms with Gasteiger partial charge in [0.25, 0.3) is 0 Å². The summed E-state index contributed by atoms with van der Waals surface area (Å²) in [6, 6.07) is 0. The minimum absolute atomic E-state index is 0.130. The summed E-state index contributed by atoms with van der Waals surface area (Å²) in [5.74, 6) is -0.191. The van der Waals surface area contributed by atoms with E-state index < -0.39 is 0 Å². The average Bonchev–Trinajstić information content (AvgIpc) is 2.66. The number of rotatable bonds is 4. The van der Waals surface area contributed by atoms with Crippen LogP contribution >= 0.6 is 23.1 Å². The smallest absolute Gasteiger partial charge is 0.306 e. The topological polar surface area (TPSA) is 52.1 Å². The lowest BCUT2D eigenvalue weighted by atomic mass is 10.2. The van der Waals surface area contributed by atoms with E-state index in [4.69, 9.17) is 4.74 Å². The highest BCUT2D eigenvalue weighted by molar-refractivity contribution is 8.00. The highest BCUT2D eigenvalue weighted by Gasteiger charge is 2.16. The van der Waals surface area contributed by atoms with Crippen LogP contribution in [0.15, 0.2) is 11.4 Å². The quantitative estimate of drug-likeness (QED) is 0.492. The monoisotopic (exact) mass is 296 g/mol. The number of hydrogen-bond acceptors (Lipinski definition) is 6. The third-order valence-electron chi connectivity index (χ3n) is 2.93. The number of aromatic nitrogens is 2. The molecule has 2 heterocycles. The maximum Gasteiger partial charge on any atom is 0.306 e. The predicted octanol–water partition coefficient (Wildman–Crippen LogP) is 3.35. The molecule has 0 bridgehead atoms. The van der Waals surface area contributed by atoms with E-state index in [-0.39, 0.29) is 11.2 Å². The van der Waals surface area contributed by atoms with E-state index in [0.29, 0.717) is 6.42 Å². The van der Waals surface area contributed by atoms with Crippen molar-refractivity contribution < 1.29 is 9.53 Å². The zero-order valence-electron chi connectivity index (χ0n) is 11.4. The molecule has 0 N–H and O–H groups in total. The van der Waals surface area contributed by atoms with Crippen LogP contribution in [0.4, 0.5) is 0 Å². The number of esters is 1. The van der Waals surface area contributed by atoms with Crippen LogP contribution in [0.5, 0.6) is 0 Å². The van der Waals surface area contributed by atoms with Crippen molar-refractivity contribution in [2.24, 2.45) is 0 Å². The average molecular weight is 296 g/mol. The van der Waals surface area contributed by atoms with Crippen LogP contribution in [-0.2, 0) is 9.53 Å². The SMILES string of the molecule is COC(=O)CC(C)Sc1ncnc2sc(C)c(C)c12. The first-order valence-electron chi connectivity index (χ1n) is 5.97. The number of carbonyl (C=O) groups excluding carboxylic acids is 1. The Morgan fingerprint density at radius 3 is 2.89 bits per heavy atom. The number of hydrogen-bond donors (Lipinski definition) is 0. The summed E-state index contributed by atoms with van der Waals surface area (Å²) < 4.78 is 4.69. The lowest BCUT2D eigenvalue weighted by Gasteiger charge is -2.09. The molecule has 0 saturated heterocycles. The molecule has 0 spiro atoms. The van der Waals surface area contributed by atoms with Crippen molar-refractivity contribution in [2.45, 2.75) is 37.5 Å². The van der Waals surface area contributed by atoms with Gasteiger partial charge in [-0.2, -0.15) is 0 Å². The summed E-state index contributed by atoms with van der Waals surface area (Å²) in [5, 5.41) is 2.19. The number of thioether (sulfide) groups is 1. The second kappa shape index (κ2) is 5.88. The molecule has 0 radical (unpaired) electrons. The number of thiophene rings is 1. The van der Waals surface area contributed by atoms with Gasteiger partial charge in [0.2, 0.25) is 0 Å². The number of nitrogens with zero attached hydrogens (tertiary/aromatic N) is 2. The molecular formula is C13H16N2O2S2. The highest BCUT2D eigenvalue weighted by atomic mass is 32.2. The summed E-state index contributed by atoms with van der Waals surface area (Å²) >= 11 is 3.28. The first-order valence-corrected chi connectivity index (χ1v) is 7.66. The molecule has 102 valence electrons. The first-order chi connectivity index (χ1) is 9.02. The summed E-state index contributed by atoms with van der Waals surface area (Å²) in [6.07, 6.45) is 1.97. The fourth-order valence-electron chi connectivity index (χ4n) is 1.79. The van der Waals surface area contributed by atoms with E-state index in [9.17, 15) is 4.79 Å². The van der Waals surface area contributed by atoms with E-state index in [0.717, 1.165) is 15.2 Å². The van der Waals surface area contributed by atoms with E-state index in [1.54, 1.807) is 29.4 Å². The Kier molecular flexibility index (Phi) is 4.42. The van der Waals surface area contributed by atoms with E-state index in [1.807, 2.05) is 6.92 Å². The molecule has 0 aliphatic heterocycles. The standard InChI is InChI=1S/C13H16N2O2S2/c1-7(5-10(16)17-4)18-12-11-8(2)9(3)19-13(11)15-6-14-12/h6-7H,5H2,1-4H3. The third kappa shape index (κ3) is 3.06. The maximum atomic E-state index is 11.3. The summed E-state index contributed by atoms with van der Waals surface area (Å²) in [5.41, 5.74) is 1.23. The van der Waals surface area contributed by atoms with Crippen molar-refractivity contribution >= 4 is 39.3 Å². The highest BCUT2D eigenvalue weighted by Crippen LogP contribution is 2.36. The molecule has 0 aliphatic rings. The number of methoxy groups -OCH3 is 1. The molecule has 0 aromatic carbocycles. The summed E-state index contributed by atoms with van der Waals surface area (Å²) in [7, 11) is 1.41. The van der Waals surface area contributed by atoms with Crippen LogP contribution in [-0.4, -0.2) is 28.3 Å². The number of carbonyl (C=O) groups is 1. The number of aryl methyl sites for hydroxylation is 2. The van der Waals surface area contributed by atoms with Gasteiger partial charge in [-0.15, -0.1) is 23.1 Å². The van der Waals surface area contributed by atoms with Gasteiger partial charge in [-0.1, -0.05) is 6.92 Å². The molecule has 0 aliphatic carbocycles. The molecule has 1 unspecified atom stereocenters. The maximum absolute atomic E-state index is 11.3. The Hall–Kier alpha value is -1.14. The molecule has 0 fully saturated rings. The van der Waals surface area contributed by atoms with Crippen molar-refractivity contribution in [1.82, 2.24) is 9.97 Å². The Bertz CT molecular complexity index is 610. The largest absolute Gasteiger partial charge is 0.469 e. The van der Waals surface area contributed by atoms with Crippen molar-refractivity contribution in [2.75, 3.05) is 7.11 Å². The van der Waals surface area contributed by atoms with Gasteiger partial charge in [0.05, 0.1) is 13.5 Å². The third-order valence-corrected chi connectivity index (χ3v) is 5.14. The lowest BCUT2D eigenvalue weighted by molar-refractivity contribution is -0.140. The summed E-state index contributed by atoms with van der Waals surface area (Å²) in [4.78, 5) is 22.2. The fourth-order valence-corrected chi connectivity index (χ4v) is 3.93. The second-order valence-corrected chi connectivity index (χ2v) is 6.98. The number of ether oxygens (including phenoxy) is 1. The van der Waals surface area contributed by atoms with Crippen LogP contribution in [0.2, 0.25) is 0 Å². The van der Waals surface area contributed by atoms with Crippen molar-refractivity contribution in [3.63, 3.8) is 0 Å². The lowest BCUT2D eigenvalue weighted by Crippen LogP contribution is -2.08.